The fraction of sp³-hybridized carbons (Fsp3) is 0.500. The number of unbranched alkanes of at least 4 members (excludes halogenated alkanes) is 1. The number of aliphatic hydroxyl groups is 2. The average Bonchev–Trinajstić information content (AvgIpc) is 3.40. The van der Waals surface area contributed by atoms with Crippen LogP contribution in [-0.2, 0) is 24.9 Å². The topological polar surface area (TPSA) is 209 Å². The van der Waals surface area contributed by atoms with Gasteiger partial charge < -0.3 is 39.5 Å². The molecule has 17 heteroatoms. The van der Waals surface area contributed by atoms with E-state index >= 15 is 0 Å². The molecular weight excluding hydrogens is 576 g/mol. The highest BCUT2D eigenvalue weighted by atomic mass is 35.5. The Balaban J connectivity index is 1.60. The fourth-order valence-electron chi connectivity index (χ4n) is 4.36. The summed E-state index contributed by atoms with van der Waals surface area (Å²) < 4.78 is 36.3. The molecule has 0 aliphatic carbocycles. The SMILES string of the molecule is CCCCC(OP(=O)(O)CP(=O)(O)O)[C@H]1O[C@@H](n2cnc3c(NCc4ccccc4)nc(Cl)nc32)[C@H](O)[C@@H]1O. The van der Waals surface area contributed by atoms with Gasteiger partial charge in [-0.1, -0.05) is 50.1 Å². The van der Waals surface area contributed by atoms with Gasteiger partial charge in [0, 0.05) is 6.54 Å². The molecule has 6 N–H and O–H groups in total. The number of nitrogens with zero attached hydrogens (tertiary/aromatic N) is 4. The van der Waals surface area contributed by atoms with E-state index in [1.54, 1.807) is 0 Å². The Labute approximate surface area is 228 Å². The number of aliphatic hydroxyl groups excluding tert-OH is 2. The van der Waals surface area contributed by atoms with Crippen LogP contribution in [0.15, 0.2) is 36.7 Å². The first-order valence-electron chi connectivity index (χ1n) is 12.1. The van der Waals surface area contributed by atoms with E-state index in [1.165, 1.54) is 10.9 Å². The van der Waals surface area contributed by atoms with Gasteiger partial charge in [0.15, 0.2) is 29.1 Å². The maximum atomic E-state index is 12.5. The highest BCUT2D eigenvalue weighted by molar-refractivity contribution is 7.70. The second-order valence-electron chi connectivity index (χ2n) is 9.21. The zero-order valence-corrected chi connectivity index (χ0v) is 23.4. The lowest BCUT2D eigenvalue weighted by atomic mass is 10.0. The number of nitrogens with one attached hydrogen (secondary N) is 1. The summed E-state index contributed by atoms with van der Waals surface area (Å²) in [7, 11) is -9.65. The molecule has 39 heavy (non-hydrogen) atoms. The van der Waals surface area contributed by atoms with Gasteiger partial charge in [0.2, 0.25) is 5.28 Å². The maximum Gasteiger partial charge on any atom is 0.340 e. The predicted molar refractivity (Wildman–Crippen MR) is 141 cm³/mol. The number of anilines is 1. The van der Waals surface area contributed by atoms with Gasteiger partial charge in [0.25, 0.3) is 0 Å². The molecule has 1 saturated heterocycles. The van der Waals surface area contributed by atoms with Crippen LogP contribution in [-0.4, -0.2) is 74.7 Å². The van der Waals surface area contributed by atoms with Crippen molar-refractivity contribution >= 4 is 43.8 Å². The first kappa shape index (κ1) is 30.0. The van der Waals surface area contributed by atoms with Gasteiger partial charge in [0.1, 0.15) is 18.3 Å². The third-order valence-electron chi connectivity index (χ3n) is 6.12. The van der Waals surface area contributed by atoms with Gasteiger partial charge in [-0.25, -0.2) is 4.98 Å². The van der Waals surface area contributed by atoms with E-state index in [4.69, 9.17) is 30.6 Å². The Morgan fingerprint density at radius 3 is 2.54 bits per heavy atom. The summed E-state index contributed by atoms with van der Waals surface area (Å²) in [5.74, 6) is -1.06. The number of ether oxygens (including phenoxy) is 1. The van der Waals surface area contributed by atoms with Crippen LogP contribution in [0.1, 0.15) is 38.0 Å². The standard InChI is InChI=1S/C22H30ClN5O9P2/c1-2-3-9-14(37-39(34,35)12-38(31,32)33)18-16(29)17(30)21(36-18)28-11-25-15-19(26-22(23)27-20(15)28)24-10-13-7-5-4-6-8-13/h4-8,11,14,16-18,21,29-30H,2-3,9-10,12H2,1H3,(H,34,35)(H,24,26,27)(H2,31,32,33)/t14?,16-,17+,18+,21+/m0/s1. The molecule has 214 valence electrons. The van der Waals surface area contributed by atoms with E-state index in [9.17, 15) is 24.2 Å². The zero-order valence-electron chi connectivity index (χ0n) is 20.8. The fourth-order valence-corrected chi connectivity index (χ4v) is 7.31. The Hall–Kier alpha value is -1.96. The van der Waals surface area contributed by atoms with Crippen molar-refractivity contribution in [3.05, 3.63) is 47.5 Å². The predicted octanol–water partition coefficient (Wildman–Crippen LogP) is 2.61. The number of rotatable bonds is 12. The molecule has 3 heterocycles. The van der Waals surface area contributed by atoms with Crippen LogP contribution in [0.25, 0.3) is 11.2 Å². The quantitative estimate of drug-likeness (QED) is 0.130. The van der Waals surface area contributed by atoms with Crippen LogP contribution < -0.4 is 5.32 Å². The molecular formula is C22H30ClN5O9P2. The normalized spacial score (nSPS) is 24.1. The highest BCUT2D eigenvalue weighted by Crippen LogP contribution is 2.57. The summed E-state index contributed by atoms with van der Waals surface area (Å²) in [6.07, 6.45) is -4.31. The molecule has 1 aromatic carbocycles. The second-order valence-corrected chi connectivity index (χ2v) is 13.5. The largest absolute Gasteiger partial charge is 0.387 e. The molecule has 0 spiro atoms. The minimum Gasteiger partial charge on any atom is -0.387 e. The number of aromatic nitrogens is 4. The molecule has 0 bridgehead atoms. The third kappa shape index (κ3) is 7.42. The van der Waals surface area contributed by atoms with E-state index in [-0.39, 0.29) is 17.4 Å². The van der Waals surface area contributed by atoms with E-state index in [0.29, 0.717) is 30.7 Å². The monoisotopic (exact) mass is 605 g/mol. The van der Waals surface area contributed by atoms with E-state index < -0.39 is 51.7 Å². The molecule has 2 unspecified atom stereocenters. The first-order chi connectivity index (χ1) is 18.4. The highest BCUT2D eigenvalue weighted by Gasteiger charge is 2.49. The number of fused-ring (bicyclic) bond motifs is 1. The molecule has 0 radical (unpaired) electrons. The van der Waals surface area contributed by atoms with Gasteiger partial charge >= 0.3 is 15.2 Å². The van der Waals surface area contributed by atoms with Crippen LogP contribution in [0.5, 0.6) is 0 Å². The van der Waals surface area contributed by atoms with E-state index in [2.05, 4.69) is 20.3 Å². The number of halogens is 1. The van der Waals surface area contributed by atoms with Crippen LogP contribution in [0, 0.1) is 0 Å². The van der Waals surface area contributed by atoms with Crippen molar-refractivity contribution in [2.45, 2.75) is 63.4 Å². The Morgan fingerprint density at radius 1 is 1.15 bits per heavy atom. The Bertz CT molecular complexity index is 1370. The molecule has 1 fully saturated rings. The molecule has 0 amide bonds. The summed E-state index contributed by atoms with van der Waals surface area (Å²) >= 11 is 6.17. The third-order valence-corrected chi connectivity index (χ3v) is 9.79. The average molecular weight is 606 g/mol. The van der Waals surface area contributed by atoms with Crippen LogP contribution in [0.3, 0.4) is 0 Å². The molecule has 6 atom stereocenters. The van der Waals surface area contributed by atoms with Crippen molar-refractivity contribution in [2.75, 3.05) is 11.2 Å². The van der Waals surface area contributed by atoms with Crippen molar-refractivity contribution < 1.29 is 43.3 Å². The summed E-state index contributed by atoms with van der Waals surface area (Å²) in [5.41, 5.74) is 1.51. The lowest BCUT2D eigenvalue weighted by Crippen LogP contribution is -2.39. The molecule has 14 nitrogen and oxygen atoms in total. The maximum absolute atomic E-state index is 12.5. The lowest BCUT2D eigenvalue weighted by molar-refractivity contribution is -0.0796. The van der Waals surface area contributed by atoms with Crippen molar-refractivity contribution in [2.24, 2.45) is 0 Å². The molecule has 2 aromatic heterocycles. The minimum absolute atomic E-state index is 0.104. The molecule has 0 saturated carbocycles. The van der Waals surface area contributed by atoms with Gasteiger partial charge in [-0.2, -0.15) is 9.97 Å². The zero-order chi connectivity index (χ0) is 28.4. The Morgan fingerprint density at radius 2 is 1.87 bits per heavy atom. The van der Waals surface area contributed by atoms with E-state index in [1.807, 2.05) is 37.3 Å². The number of benzene rings is 1. The summed E-state index contributed by atoms with van der Waals surface area (Å²) in [5, 5.41) is 24.8. The number of hydrogen-bond acceptors (Lipinski definition) is 10. The van der Waals surface area contributed by atoms with Crippen molar-refractivity contribution in [3.63, 3.8) is 0 Å². The van der Waals surface area contributed by atoms with Gasteiger partial charge in [-0.3, -0.25) is 13.7 Å². The number of imidazole rings is 1. The van der Waals surface area contributed by atoms with Crippen molar-refractivity contribution in [1.29, 1.82) is 0 Å². The van der Waals surface area contributed by atoms with Crippen molar-refractivity contribution in [1.82, 2.24) is 19.5 Å². The van der Waals surface area contributed by atoms with Gasteiger partial charge in [0.05, 0.1) is 12.4 Å². The molecule has 3 aromatic rings. The Kier molecular flexibility index (Phi) is 9.45. The van der Waals surface area contributed by atoms with Crippen LogP contribution >= 0.6 is 26.8 Å². The summed E-state index contributed by atoms with van der Waals surface area (Å²) in [4.78, 5) is 41.2. The number of hydrogen-bond donors (Lipinski definition) is 6. The van der Waals surface area contributed by atoms with Gasteiger partial charge in [-0.05, 0) is 23.6 Å². The lowest BCUT2D eigenvalue weighted by Gasteiger charge is -2.27. The van der Waals surface area contributed by atoms with Gasteiger partial charge in [-0.15, -0.1) is 0 Å². The first-order valence-corrected chi connectivity index (χ1v) is 16.1. The van der Waals surface area contributed by atoms with E-state index in [0.717, 1.165) is 5.56 Å². The van der Waals surface area contributed by atoms with Crippen molar-refractivity contribution in [3.8, 4) is 0 Å². The summed E-state index contributed by atoms with van der Waals surface area (Å²) in [6, 6.07) is 9.55. The van der Waals surface area contributed by atoms with Crippen LogP contribution in [0.4, 0.5) is 5.82 Å². The van der Waals surface area contributed by atoms with Crippen LogP contribution in [0.2, 0.25) is 5.28 Å². The minimum atomic E-state index is -4.88. The molecule has 4 rings (SSSR count). The molecule has 1 aliphatic rings. The smallest absolute Gasteiger partial charge is 0.340 e. The second kappa shape index (κ2) is 12.3. The molecule has 1 aliphatic heterocycles. The summed E-state index contributed by atoms with van der Waals surface area (Å²) in [6.45, 7) is 2.28.